The minimum Gasteiger partial charge on any atom is -0.379 e. The van der Waals surface area contributed by atoms with Gasteiger partial charge in [0.15, 0.2) is 0 Å². The van der Waals surface area contributed by atoms with Gasteiger partial charge in [-0.2, -0.15) is 9.40 Å². The van der Waals surface area contributed by atoms with Gasteiger partial charge in [0.05, 0.1) is 19.4 Å². The van der Waals surface area contributed by atoms with Gasteiger partial charge >= 0.3 is 0 Å². The molecule has 1 fully saturated rings. The highest BCUT2D eigenvalue weighted by Gasteiger charge is 2.26. The second-order valence-corrected chi connectivity index (χ2v) is 7.68. The average Bonchev–Trinajstić information content (AvgIpc) is 3.00. The topological polar surface area (TPSA) is 80.6 Å². The molecule has 24 heavy (non-hydrogen) atoms. The van der Waals surface area contributed by atoms with E-state index in [1.54, 1.807) is 23.0 Å². The number of hydrogen-bond acceptors (Lipinski definition) is 6. The third-order valence-corrected chi connectivity index (χ3v) is 5.78. The molecule has 0 radical (unpaired) electrons. The lowest BCUT2D eigenvalue weighted by Crippen LogP contribution is -2.40. The lowest BCUT2D eigenvalue weighted by atomic mass is 10.3. The number of aryl methyl sites for hydroxylation is 1. The Kier molecular flexibility index (Phi) is 4.83. The fourth-order valence-electron chi connectivity index (χ4n) is 2.60. The van der Waals surface area contributed by atoms with Gasteiger partial charge in [0, 0.05) is 51.7 Å². The van der Waals surface area contributed by atoms with Crippen LogP contribution in [-0.4, -0.2) is 60.8 Å². The summed E-state index contributed by atoms with van der Waals surface area (Å²) in [5.74, 6) is 0.708. The van der Waals surface area contributed by atoms with Crippen molar-refractivity contribution in [3.63, 3.8) is 0 Å². The molecule has 0 unspecified atom stereocenters. The standard InChI is InChI=1S/C15H21N5O3S/c1-18(11-13-9-17-19(2)12-13)15-4-3-14(10-16-15)24(21,22)20-5-7-23-8-6-20/h3-4,9-10,12H,5-8,11H2,1-2H3. The Bertz CT molecular complexity index is 782. The van der Waals surface area contributed by atoms with E-state index in [0.29, 0.717) is 38.7 Å². The van der Waals surface area contributed by atoms with Crippen LogP contribution >= 0.6 is 0 Å². The van der Waals surface area contributed by atoms with E-state index in [1.807, 2.05) is 25.2 Å². The predicted molar refractivity (Wildman–Crippen MR) is 89.1 cm³/mol. The Balaban J connectivity index is 1.72. The molecule has 0 atom stereocenters. The smallest absolute Gasteiger partial charge is 0.244 e. The van der Waals surface area contributed by atoms with Crippen LogP contribution in [0.15, 0.2) is 35.6 Å². The predicted octanol–water partition coefficient (Wildman–Crippen LogP) is 0.472. The monoisotopic (exact) mass is 351 g/mol. The van der Waals surface area contributed by atoms with Crippen molar-refractivity contribution in [2.24, 2.45) is 7.05 Å². The fraction of sp³-hybridized carbons (Fsp3) is 0.467. The van der Waals surface area contributed by atoms with Gasteiger partial charge in [-0.25, -0.2) is 13.4 Å². The van der Waals surface area contributed by atoms with Gasteiger partial charge in [0.25, 0.3) is 0 Å². The quantitative estimate of drug-likeness (QED) is 0.779. The maximum atomic E-state index is 12.6. The molecule has 0 bridgehead atoms. The molecular formula is C15H21N5O3S. The molecule has 9 heteroatoms. The van der Waals surface area contributed by atoms with Gasteiger partial charge in [-0.3, -0.25) is 4.68 Å². The largest absolute Gasteiger partial charge is 0.379 e. The molecule has 0 aromatic carbocycles. The van der Waals surface area contributed by atoms with Crippen LogP contribution in [0.1, 0.15) is 5.56 Å². The van der Waals surface area contributed by atoms with Crippen molar-refractivity contribution in [2.75, 3.05) is 38.3 Å². The molecular weight excluding hydrogens is 330 g/mol. The Labute approximate surface area is 141 Å². The normalized spacial score (nSPS) is 16.2. The first-order chi connectivity index (χ1) is 11.5. The number of pyridine rings is 1. The third kappa shape index (κ3) is 3.58. The average molecular weight is 351 g/mol. The van der Waals surface area contributed by atoms with Crippen LogP contribution in [0.2, 0.25) is 0 Å². The van der Waals surface area contributed by atoms with E-state index in [4.69, 9.17) is 4.74 Å². The van der Waals surface area contributed by atoms with Crippen LogP contribution in [0.3, 0.4) is 0 Å². The maximum Gasteiger partial charge on any atom is 0.244 e. The number of aromatic nitrogens is 3. The van der Waals surface area contributed by atoms with Crippen molar-refractivity contribution in [1.29, 1.82) is 0 Å². The van der Waals surface area contributed by atoms with Gasteiger partial charge in [-0.05, 0) is 12.1 Å². The summed E-state index contributed by atoms with van der Waals surface area (Å²) in [6, 6.07) is 3.33. The number of morpholine rings is 1. The summed E-state index contributed by atoms with van der Waals surface area (Å²) in [5, 5.41) is 4.14. The van der Waals surface area contributed by atoms with Crippen molar-refractivity contribution in [2.45, 2.75) is 11.4 Å². The summed E-state index contributed by atoms with van der Waals surface area (Å²) in [5.41, 5.74) is 1.06. The highest BCUT2D eigenvalue weighted by molar-refractivity contribution is 7.89. The summed E-state index contributed by atoms with van der Waals surface area (Å²) in [7, 11) is 0.275. The van der Waals surface area contributed by atoms with E-state index >= 15 is 0 Å². The first-order valence-corrected chi connectivity index (χ1v) is 9.13. The zero-order valence-electron chi connectivity index (χ0n) is 13.8. The molecule has 3 rings (SSSR count). The second-order valence-electron chi connectivity index (χ2n) is 5.75. The molecule has 2 aromatic heterocycles. The van der Waals surface area contributed by atoms with Crippen LogP contribution in [-0.2, 0) is 28.4 Å². The van der Waals surface area contributed by atoms with E-state index < -0.39 is 10.0 Å². The van der Waals surface area contributed by atoms with E-state index in [1.165, 1.54) is 10.5 Å². The zero-order chi connectivity index (χ0) is 17.2. The SMILES string of the molecule is CN(Cc1cnn(C)c1)c1ccc(S(=O)(=O)N2CCOCC2)cn1. The molecule has 8 nitrogen and oxygen atoms in total. The number of nitrogens with zero attached hydrogens (tertiary/aromatic N) is 5. The van der Waals surface area contributed by atoms with E-state index in [-0.39, 0.29) is 4.90 Å². The van der Waals surface area contributed by atoms with E-state index in [2.05, 4.69) is 10.1 Å². The molecule has 0 aliphatic carbocycles. The zero-order valence-corrected chi connectivity index (χ0v) is 14.6. The third-order valence-electron chi connectivity index (χ3n) is 3.90. The van der Waals surface area contributed by atoms with Crippen LogP contribution < -0.4 is 4.90 Å². The fourth-order valence-corrected chi connectivity index (χ4v) is 3.95. The molecule has 0 N–H and O–H groups in total. The molecule has 1 aliphatic heterocycles. The number of hydrogen-bond donors (Lipinski definition) is 0. The molecule has 0 spiro atoms. The molecule has 2 aromatic rings. The van der Waals surface area contributed by atoms with Gasteiger partial charge < -0.3 is 9.64 Å². The summed E-state index contributed by atoms with van der Waals surface area (Å²) >= 11 is 0. The number of ether oxygens (including phenoxy) is 1. The summed E-state index contributed by atoms with van der Waals surface area (Å²) in [6.07, 6.45) is 5.15. The van der Waals surface area contributed by atoms with Gasteiger partial charge in [0.2, 0.25) is 10.0 Å². The molecule has 130 valence electrons. The second kappa shape index (κ2) is 6.88. The summed E-state index contributed by atoms with van der Waals surface area (Å²) in [4.78, 5) is 6.46. The lowest BCUT2D eigenvalue weighted by Gasteiger charge is -2.26. The van der Waals surface area contributed by atoms with E-state index in [0.717, 1.165) is 5.56 Å². The minimum atomic E-state index is -3.50. The summed E-state index contributed by atoms with van der Waals surface area (Å²) in [6.45, 7) is 2.27. The Hall–Kier alpha value is -1.97. The Morgan fingerprint density at radius 1 is 1.25 bits per heavy atom. The minimum absolute atomic E-state index is 0.211. The van der Waals surface area contributed by atoms with Crippen molar-refractivity contribution in [3.05, 3.63) is 36.3 Å². The van der Waals surface area contributed by atoms with Crippen LogP contribution in [0.5, 0.6) is 0 Å². The molecule has 3 heterocycles. The van der Waals surface area contributed by atoms with Crippen LogP contribution in [0.4, 0.5) is 5.82 Å². The first kappa shape index (κ1) is 16.9. The van der Waals surface area contributed by atoms with Crippen LogP contribution in [0.25, 0.3) is 0 Å². The maximum absolute atomic E-state index is 12.6. The molecule has 1 saturated heterocycles. The van der Waals surface area contributed by atoms with Gasteiger partial charge in [-0.15, -0.1) is 0 Å². The van der Waals surface area contributed by atoms with Crippen molar-refractivity contribution in [1.82, 2.24) is 19.1 Å². The van der Waals surface area contributed by atoms with E-state index in [9.17, 15) is 8.42 Å². The Morgan fingerprint density at radius 2 is 2.00 bits per heavy atom. The Morgan fingerprint density at radius 3 is 2.58 bits per heavy atom. The first-order valence-electron chi connectivity index (χ1n) is 7.69. The molecule has 0 amide bonds. The van der Waals surface area contributed by atoms with Gasteiger partial charge in [-0.1, -0.05) is 0 Å². The number of anilines is 1. The molecule has 0 saturated carbocycles. The van der Waals surface area contributed by atoms with Crippen molar-refractivity contribution in [3.8, 4) is 0 Å². The van der Waals surface area contributed by atoms with Crippen molar-refractivity contribution < 1.29 is 13.2 Å². The van der Waals surface area contributed by atoms with Crippen molar-refractivity contribution >= 4 is 15.8 Å². The highest BCUT2D eigenvalue weighted by Crippen LogP contribution is 2.19. The lowest BCUT2D eigenvalue weighted by molar-refractivity contribution is 0.0730. The van der Waals surface area contributed by atoms with Crippen LogP contribution in [0, 0.1) is 0 Å². The summed E-state index contributed by atoms with van der Waals surface area (Å²) < 4.78 is 33.5. The van der Waals surface area contributed by atoms with Gasteiger partial charge in [0.1, 0.15) is 10.7 Å². The molecule has 1 aliphatic rings. The highest BCUT2D eigenvalue weighted by atomic mass is 32.2. The number of rotatable bonds is 5. The number of sulfonamides is 1.